The van der Waals surface area contributed by atoms with E-state index >= 15 is 0 Å². The van der Waals surface area contributed by atoms with Crippen LogP contribution < -0.4 is 0 Å². The van der Waals surface area contributed by atoms with Gasteiger partial charge in [0.25, 0.3) is 0 Å². The first-order valence-corrected chi connectivity index (χ1v) is 4.40. The Morgan fingerprint density at radius 2 is 2.67 bits per heavy atom. The van der Waals surface area contributed by atoms with E-state index in [1.165, 1.54) is 24.0 Å². The average molecular weight is 190 g/mol. The molecule has 1 aliphatic rings. The van der Waals surface area contributed by atoms with E-state index in [0.29, 0.717) is 0 Å². The SMILES string of the molecule is COC(=O)CSC1C=NN(C)O1. The Kier molecular flexibility index (Phi) is 3.36. The van der Waals surface area contributed by atoms with Crippen molar-refractivity contribution in [3.8, 4) is 0 Å². The van der Waals surface area contributed by atoms with Gasteiger partial charge in [-0.15, -0.1) is 11.8 Å². The largest absolute Gasteiger partial charge is 0.468 e. The van der Waals surface area contributed by atoms with Gasteiger partial charge in [-0.3, -0.25) is 4.79 Å². The highest BCUT2D eigenvalue weighted by Crippen LogP contribution is 2.16. The van der Waals surface area contributed by atoms with E-state index in [2.05, 4.69) is 9.84 Å². The second-order valence-electron chi connectivity index (χ2n) is 2.09. The Balaban J connectivity index is 2.17. The van der Waals surface area contributed by atoms with E-state index in [0.717, 1.165) is 0 Å². The van der Waals surface area contributed by atoms with Crippen LogP contribution in [0.15, 0.2) is 5.10 Å². The molecule has 12 heavy (non-hydrogen) atoms. The Morgan fingerprint density at radius 1 is 1.92 bits per heavy atom. The van der Waals surface area contributed by atoms with Gasteiger partial charge in [-0.05, 0) is 0 Å². The van der Waals surface area contributed by atoms with Crippen molar-refractivity contribution < 1.29 is 14.4 Å². The monoisotopic (exact) mass is 190 g/mol. The zero-order valence-corrected chi connectivity index (χ0v) is 7.71. The van der Waals surface area contributed by atoms with Crippen molar-refractivity contribution in [1.29, 1.82) is 0 Å². The van der Waals surface area contributed by atoms with Crippen LogP contribution in [0.1, 0.15) is 0 Å². The van der Waals surface area contributed by atoms with Gasteiger partial charge in [-0.1, -0.05) is 0 Å². The Morgan fingerprint density at radius 3 is 3.17 bits per heavy atom. The molecule has 1 aliphatic heterocycles. The van der Waals surface area contributed by atoms with E-state index < -0.39 is 0 Å². The van der Waals surface area contributed by atoms with Crippen molar-refractivity contribution in [3.05, 3.63) is 0 Å². The number of hydroxylamine groups is 1. The number of ether oxygens (including phenoxy) is 1. The third-order valence-electron chi connectivity index (χ3n) is 1.20. The van der Waals surface area contributed by atoms with Crippen LogP contribution in [0.25, 0.3) is 0 Å². The molecule has 0 amide bonds. The van der Waals surface area contributed by atoms with Crippen LogP contribution in [0.3, 0.4) is 0 Å². The summed E-state index contributed by atoms with van der Waals surface area (Å²) in [5.41, 5.74) is -0.172. The molecule has 0 aromatic heterocycles. The number of esters is 1. The molecule has 68 valence electrons. The number of hydrogen-bond acceptors (Lipinski definition) is 6. The van der Waals surface area contributed by atoms with Gasteiger partial charge in [0.2, 0.25) is 0 Å². The molecule has 6 heteroatoms. The fourth-order valence-electron chi connectivity index (χ4n) is 0.636. The van der Waals surface area contributed by atoms with Gasteiger partial charge in [0, 0.05) is 0 Å². The standard InChI is InChI=1S/C6H10N2O3S/c1-8-7-3-6(11-8)12-4-5(9)10-2/h3,6H,4H2,1-2H3. The number of hydrazone groups is 1. The highest BCUT2D eigenvalue weighted by atomic mass is 32.2. The normalized spacial score (nSPS) is 21.5. The van der Waals surface area contributed by atoms with Crippen LogP contribution in [0.5, 0.6) is 0 Å². The van der Waals surface area contributed by atoms with Gasteiger partial charge in [0.1, 0.15) is 0 Å². The number of rotatable bonds is 3. The second kappa shape index (κ2) is 4.32. The highest BCUT2D eigenvalue weighted by molar-refractivity contribution is 8.01. The first kappa shape index (κ1) is 9.34. The second-order valence-corrected chi connectivity index (χ2v) is 3.18. The van der Waals surface area contributed by atoms with E-state index in [9.17, 15) is 4.79 Å². The summed E-state index contributed by atoms with van der Waals surface area (Å²) in [7, 11) is 3.05. The maximum absolute atomic E-state index is 10.7. The van der Waals surface area contributed by atoms with Gasteiger partial charge < -0.3 is 4.74 Å². The molecule has 1 heterocycles. The topological polar surface area (TPSA) is 51.1 Å². The number of thioether (sulfide) groups is 1. The molecule has 1 atom stereocenters. The zero-order valence-electron chi connectivity index (χ0n) is 6.89. The molecule has 0 fully saturated rings. The third kappa shape index (κ3) is 2.71. The van der Waals surface area contributed by atoms with Crippen molar-refractivity contribution in [2.24, 2.45) is 5.10 Å². The summed E-state index contributed by atoms with van der Waals surface area (Å²) in [6, 6.07) is 0. The summed E-state index contributed by atoms with van der Waals surface area (Å²) in [5, 5.41) is 5.19. The molecule has 5 nitrogen and oxygen atoms in total. The summed E-state index contributed by atoms with van der Waals surface area (Å²) in [4.78, 5) is 15.8. The van der Waals surface area contributed by atoms with E-state index in [1.807, 2.05) is 0 Å². The summed E-state index contributed by atoms with van der Waals surface area (Å²) in [6.07, 6.45) is 1.63. The molecule has 0 spiro atoms. The Hall–Kier alpha value is -0.750. The zero-order chi connectivity index (χ0) is 8.97. The first-order valence-electron chi connectivity index (χ1n) is 3.35. The van der Waals surface area contributed by atoms with Gasteiger partial charge in [-0.25, -0.2) is 4.84 Å². The van der Waals surface area contributed by atoms with Crippen molar-refractivity contribution in [1.82, 2.24) is 5.17 Å². The van der Waals surface area contributed by atoms with E-state index in [1.54, 1.807) is 13.3 Å². The highest BCUT2D eigenvalue weighted by Gasteiger charge is 2.17. The molecule has 0 N–H and O–H groups in total. The fraction of sp³-hybridized carbons (Fsp3) is 0.667. The first-order chi connectivity index (χ1) is 5.72. The molecule has 0 saturated heterocycles. The van der Waals surface area contributed by atoms with Crippen molar-refractivity contribution in [2.45, 2.75) is 5.44 Å². The minimum absolute atomic E-state index is 0.172. The molecule has 0 aromatic carbocycles. The number of hydrogen-bond donors (Lipinski definition) is 0. The smallest absolute Gasteiger partial charge is 0.315 e. The Labute approximate surface area is 74.6 Å². The minimum atomic E-state index is -0.258. The van der Waals surface area contributed by atoms with Crippen LogP contribution in [0, 0.1) is 0 Å². The average Bonchev–Trinajstić information content (AvgIpc) is 2.47. The van der Waals surface area contributed by atoms with Gasteiger partial charge >= 0.3 is 5.97 Å². The quantitative estimate of drug-likeness (QED) is 0.590. The number of nitrogens with zero attached hydrogens (tertiary/aromatic N) is 2. The van der Waals surface area contributed by atoms with E-state index in [4.69, 9.17) is 4.84 Å². The number of carbonyl (C=O) groups is 1. The molecule has 0 saturated carbocycles. The van der Waals surface area contributed by atoms with Gasteiger partial charge in [-0.2, -0.15) is 10.3 Å². The lowest BCUT2D eigenvalue weighted by molar-refractivity contribution is -0.137. The number of carbonyl (C=O) groups excluding carboxylic acids is 1. The van der Waals surface area contributed by atoms with Crippen LogP contribution in [-0.2, 0) is 14.4 Å². The maximum Gasteiger partial charge on any atom is 0.315 e. The van der Waals surface area contributed by atoms with Crippen molar-refractivity contribution >= 4 is 23.9 Å². The summed E-state index contributed by atoms with van der Waals surface area (Å²) in [6.45, 7) is 0. The maximum atomic E-state index is 10.7. The molecule has 1 rings (SSSR count). The summed E-state index contributed by atoms with van der Waals surface area (Å²) < 4.78 is 4.46. The third-order valence-corrected chi connectivity index (χ3v) is 2.14. The van der Waals surface area contributed by atoms with Gasteiger partial charge in [0.15, 0.2) is 5.44 Å². The summed E-state index contributed by atoms with van der Waals surface area (Å²) >= 11 is 1.33. The molecular weight excluding hydrogens is 180 g/mol. The number of methoxy groups -OCH3 is 1. The minimum Gasteiger partial charge on any atom is -0.468 e. The molecule has 0 radical (unpaired) electrons. The Bertz CT molecular complexity index is 197. The molecule has 0 aromatic rings. The van der Waals surface area contributed by atoms with Crippen LogP contribution >= 0.6 is 11.8 Å². The molecule has 1 unspecified atom stereocenters. The van der Waals surface area contributed by atoms with Crippen LogP contribution in [-0.4, -0.2) is 42.7 Å². The van der Waals surface area contributed by atoms with Crippen molar-refractivity contribution in [2.75, 3.05) is 19.9 Å². The van der Waals surface area contributed by atoms with Crippen LogP contribution in [0.4, 0.5) is 0 Å². The lowest BCUT2D eigenvalue weighted by Gasteiger charge is -2.08. The lowest BCUT2D eigenvalue weighted by atomic mass is 10.8. The summed E-state index contributed by atoms with van der Waals surface area (Å²) in [5.74, 6) is 0.0210. The predicted octanol–water partition coefficient (Wildman–Crippen LogP) is 0.0815. The fourth-order valence-corrected chi connectivity index (χ4v) is 1.38. The predicted molar refractivity (Wildman–Crippen MR) is 45.6 cm³/mol. The molecular formula is C6H10N2O3S. The molecule has 0 aliphatic carbocycles. The van der Waals surface area contributed by atoms with Crippen LogP contribution in [0.2, 0.25) is 0 Å². The van der Waals surface area contributed by atoms with E-state index in [-0.39, 0.29) is 17.2 Å². The lowest BCUT2D eigenvalue weighted by Crippen LogP contribution is -2.14. The molecule has 0 bridgehead atoms. The van der Waals surface area contributed by atoms with Crippen molar-refractivity contribution in [3.63, 3.8) is 0 Å². The van der Waals surface area contributed by atoms with Gasteiger partial charge in [0.05, 0.1) is 26.1 Å².